The first kappa shape index (κ1) is 21.0. The maximum absolute atomic E-state index is 12.9. The second kappa shape index (κ2) is 10.1. The monoisotopic (exact) mass is 347 g/mol. The smallest absolute Gasteiger partial charge is 0.242 e. The molecule has 0 N–H and O–H groups in total. The third-order valence-electron chi connectivity index (χ3n) is 3.95. The van der Waals surface area contributed by atoms with E-state index in [2.05, 4.69) is 20.4 Å². The maximum Gasteiger partial charge on any atom is 0.242 e. The molecule has 0 aromatic carbocycles. The van der Waals surface area contributed by atoms with Crippen LogP contribution in [0.4, 0.5) is 0 Å². The van der Waals surface area contributed by atoms with Crippen LogP contribution in [0.5, 0.6) is 0 Å². The number of aryl methyl sites for hydroxylation is 1. The van der Waals surface area contributed by atoms with Crippen LogP contribution in [0.3, 0.4) is 0 Å². The number of rotatable bonds is 10. The molecular formula is C20H33N3O2. The van der Waals surface area contributed by atoms with Gasteiger partial charge in [-0.15, -0.1) is 6.58 Å². The van der Waals surface area contributed by atoms with Crippen LogP contribution >= 0.6 is 0 Å². The molecule has 0 saturated carbocycles. The van der Waals surface area contributed by atoms with Crippen molar-refractivity contribution in [3.63, 3.8) is 0 Å². The van der Waals surface area contributed by atoms with E-state index in [1.165, 1.54) is 0 Å². The lowest BCUT2D eigenvalue weighted by atomic mass is 10.1. The van der Waals surface area contributed by atoms with Gasteiger partial charge in [-0.3, -0.25) is 9.59 Å². The molecule has 0 fully saturated rings. The van der Waals surface area contributed by atoms with Crippen LogP contribution in [0.2, 0.25) is 0 Å². The minimum atomic E-state index is -0.0196. The number of amides is 2. The average Bonchev–Trinajstić information content (AvgIpc) is 2.90. The number of aromatic nitrogens is 1. The zero-order valence-electron chi connectivity index (χ0n) is 16.4. The van der Waals surface area contributed by atoms with E-state index in [0.717, 1.165) is 5.69 Å². The van der Waals surface area contributed by atoms with Gasteiger partial charge in [0.2, 0.25) is 11.8 Å². The molecule has 25 heavy (non-hydrogen) atoms. The molecule has 0 aliphatic heterocycles. The van der Waals surface area contributed by atoms with Gasteiger partial charge in [0, 0.05) is 38.4 Å². The van der Waals surface area contributed by atoms with Crippen LogP contribution in [0.25, 0.3) is 0 Å². The molecule has 1 aromatic rings. The molecule has 1 aromatic heterocycles. The van der Waals surface area contributed by atoms with Gasteiger partial charge in [-0.05, 0) is 24.0 Å². The molecule has 2 amide bonds. The average molecular weight is 348 g/mol. The summed E-state index contributed by atoms with van der Waals surface area (Å²) in [7, 11) is 1.98. The highest BCUT2D eigenvalue weighted by Gasteiger charge is 2.22. The summed E-state index contributed by atoms with van der Waals surface area (Å²) in [6.07, 6.45) is 4.10. The summed E-state index contributed by atoms with van der Waals surface area (Å²) in [5.74, 6) is 0.619. The van der Waals surface area contributed by atoms with Gasteiger partial charge in [-0.25, -0.2) is 0 Å². The van der Waals surface area contributed by atoms with E-state index < -0.39 is 0 Å². The Balaban J connectivity index is 2.85. The van der Waals surface area contributed by atoms with Crippen molar-refractivity contribution in [2.75, 3.05) is 19.6 Å². The predicted octanol–water partition coefficient (Wildman–Crippen LogP) is 3.07. The molecule has 0 unspecified atom stereocenters. The molecule has 0 spiro atoms. The summed E-state index contributed by atoms with van der Waals surface area (Å²) in [6, 6.07) is 4.00. The van der Waals surface area contributed by atoms with Gasteiger partial charge in [-0.2, -0.15) is 0 Å². The van der Waals surface area contributed by atoms with Crippen molar-refractivity contribution in [1.82, 2.24) is 14.4 Å². The standard InChI is InChI=1S/C20H33N3O2/c1-7-10-22(19(24)12-16(2)3)15-20(25)23(13-17(4)5)14-18-9-8-11-21(18)6/h7-9,11,16-17H,1,10,12-15H2,2-6H3. The van der Waals surface area contributed by atoms with Crippen molar-refractivity contribution in [3.05, 3.63) is 36.7 Å². The quantitative estimate of drug-likeness (QED) is 0.611. The van der Waals surface area contributed by atoms with Crippen molar-refractivity contribution in [1.29, 1.82) is 0 Å². The highest BCUT2D eigenvalue weighted by molar-refractivity contribution is 5.85. The van der Waals surface area contributed by atoms with E-state index >= 15 is 0 Å². The fraction of sp³-hybridized carbons (Fsp3) is 0.600. The van der Waals surface area contributed by atoms with E-state index in [-0.39, 0.29) is 24.3 Å². The summed E-state index contributed by atoms with van der Waals surface area (Å²) in [6.45, 7) is 13.6. The predicted molar refractivity (Wildman–Crippen MR) is 102 cm³/mol. The SMILES string of the molecule is C=CCN(CC(=O)N(Cc1cccn1C)CC(C)C)C(=O)CC(C)C. The Labute approximate surface area is 152 Å². The largest absolute Gasteiger partial charge is 0.353 e. The van der Waals surface area contributed by atoms with E-state index in [0.29, 0.717) is 32.0 Å². The highest BCUT2D eigenvalue weighted by atomic mass is 16.2. The van der Waals surface area contributed by atoms with Gasteiger partial charge in [0.1, 0.15) is 6.54 Å². The van der Waals surface area contributed by atoms with Crippen molar-refractivity contribution >= 4 is 11.8 Å². The number of carbonyl (C=O) groups excluding carboxylic acids is 2. The Morgan fingerprint density at radius 2 is 1.84 bits per heavy atom. The minimum absolute atomic E-state index is 0.00612. The second-order valence-electron chi connectivity index (χ2n) is 7.44. The number of hydrogen-bond acceptors (Lipinski definition) is 2. The van der Waals surface area contributed by atoms with Crippen LogP contribution in [-0.2, 0) is 23.2 Å². The van der Waals surface area contributed by atoms with Crippen LogP contribution in [0.1, 0.15) is 39.8 Å². The maximum atomic E-state index is 12.9. The molecule has 0 radical (unpaired) electrons. The highest BCUT2D eigenvalue weighted by Crippen LogP contribution is 2.10. The van der Waals surface area contributed by atoms with Crippen molar-refractivity contribution in [2.24, 2.45) is 18.9 Å². The summed E-state index contributed by atoms with van der Waals surface area (Å²) in [5, 5.41) is 0. The molecule has 0 aliphatic rings. The lowest BCUT2D eigenvalue weighted by molar-refractivity contribution is -0.141. The Kier molecular flexibility index (Phi) is 8.46. The fourth-order valence-electron chi connectivity index (χ4n) is 2.70. The van der Waals surface area contributed by atoms with Gasteiger partial charge in [0.15, 0.2) is 0 Å². The Morgan fingerprint density at radius 1 is 1.16 bits per heavy atom. The molecule has 0 aliphatic carbocycles. The summed E-state index contributed by atoms with van der Waals surface area (Å²) in [5.41, 5.74) is 1.08. The molecular weight excluding hydrogens is 314 g/mol. The molecule has 1 rings (SSSR count). The Bertz CT molecular complexity index is 575. The molecule has 0 atom stereocenters. The number of nitrogens with zero attached hydrogens (tertiary/aromatic N) is 3. The summed E-state index contributed by atoms with van der Waals surface area (Å²) in [4.78, 5) is 28.7. The Morgan fingerprint density at radius 3 is 2.32 bits per heavy atom. The normalized spacial score (nSPS) is 11.0. The van der Waals surface area contributed by atoms with Crippen LogP contribution < -0.4 is 0 Å². The van der Waals surface area contributed by atoms with Crippen LogP contribution in [-0.4, -0.2) is 45.8 Å². The lowest BCUT2D eigenvalue weighted by Gasteiger charge is -2.29. The van der Waals surface area contributed by atoms with Gasteiger partial charge >= 0.3 is 0 Å². The molecule has 5 nitrogen and oxygen atoms in total. The first-order valence-electron chi connectivity index (χ1n) is 9.01. The van der Waals surface area contributed by atoms with Gasteiger partial charge in [0.25, 0.3) is 0 Å². The zero-order valence-corrected chi connectivity index (χ0v) is 16.4. The first-order chi connectivity index (χ1) is 11.7. The molecule has 0 bridgehead atoms. The number of carbonyl (C=O) groups is 2. The Hall–Kier alpha value is -2.04. The summed E-state index contributed by atoms with van der Waals surface area (Å²) < 4.78 is 2.02. The molecule has 140 valence electrons. The lowest BCUT2D eigenvalue weighted by Crippen LogP contribution is -2.44. The molecule has 0 saturated heterocycles. The molecule has 1 heterocycles. The molecule has 5 heteroatoms. The second-order valence-corrected chi connectivity index (χ2v) is 7.44. The van der Waals surface area contributed by atoms with Gasteiger partial charge in [0.05, 0.1) is 6.54 Å². The minimum Gasteiger partial charge on any atom is -0.353 e. The van der Waals surface area contributed by atoms with Gasteiger partial charge in [-0.1, -0.05) is 33.8 Å². The number of hydrogen-bond donors (Lipinski definition) is 0. The van der Waals surface area contributed by atoms with Crippen molar-refractivity contribution in [3.8, 4) is 0 Å². The topological polar surface area (TPSA) is 45.6 Å². The zero-order chi connectivity index (χ0) is 19.0. The van der Waals surface area contributed by atoms with E-state index in [1.54, 1.807) is 11.0 Å². The van der Waals surface area contributed by atoms with Crippen molar-refractivity contribution < 1.29 is 9.59 Å². The third kappa shape index (κ3) is 7.16. The van der Waals surface area contributed by atoms with Crippen LogP contribution in [0, 0.1) is 11.8 Å². The van der Waals surface area contributed by atoms with Gasteiger partial charge < -0.3 is 14.4 Å². The van der Waals surface area contributed by atoms with Crippen LogP contribution in [0.15, 0.2) is 31.0 Å². The third-order valence-corrected chi connectivity index (χ3v) is 3.95. The van der Waals surface area contributed by atoms with E-state index in [4.69, 9.17) is 0 Å². The van der Waals surface area contributed by atoms with Crippen molar-refractivity contribution in [2.45, 2.75) is 40.7 Å². The fourth-order valence-corrected chi connectivity index (χ4v) is 2.70. The van der Waals surface area contributed by atoms with E-state index in [9.17, 15) is 9.59 Å². The van der Waals surface area contributed by atoms with E-state index in [1.807, 2.05) is 48.7 Å². The summed E-state index contributed by atoms with van der Waals surface area (Å²) >= 11 is 0. The first-order valence-corrected chi connectivity index (χ1v) is 9.01.